The first-order chi connectivity index (χ1) is 33.1. The second-order valence-corrected chi connectivity index (χ2v) is 21.7. The topological polar surface area (TPSA) is 6.48 Å². The number of fused-ring (bicyclic) bond motifs is 16. The van der Waals surface area contributed by atoms with Crippen LogP contribution in [0.15, 0.2) is 188 Å². The Balaban J connectivity index is 1.09. The normalized spacial score (nSPS) is 14.4. The van der Waals surface area contributed by atoms with E-state index in [0.717, 1.165) is 5.69 Å². The molecule has 0 saturated carbocycles. The lowest BCUT2D eigenvalue weighted by molar-refractivity contribution is 0.588. The zero-order valence-electron chi connectivity index (χ0n) is 39.3. The van der Waals surface area contributed by atoms with E-state index in [1.807, 2.05) is 11.3 Å². The highest BCUT2D eigenvalue weighted by Gasteiger charge is 2.53. The number of rotatable bonds is 3. The molecule has 2 aliphatic carbocycles. The van der Waals surface area contributed by atoms with Gasteiger partial charge in [0.05, 0.1) is 11.1 Å². The van der Waals surface area contributed by atoms with E-state index in [0.29, 0.717) is 0 Å². The number of hydrogen-bond acceptors (Lipinski definition) is 3. The Bertz CT molecular complexity index is 3710. The van der Waals surface area contributed by atoms with Crippen molar-refractivity contribution in [2.45, 2.75) is 52.4 Å². The van der Waals surface area contributed by atoms with Gasteiger partial charge >= 0.3 is 0 Å². The first-order valence-electron chi connectivity index (χ1n) is 24.1. The van der Waals surface area contributed by atoms with Gasteiger partial charge in [0.25, 0.3) is 6.71 Å². The van der Waals surface area contributed by atoms with E-state index in [-0.39, 0.29) is 12.1 Å². The molecule has 324 valence electrons. The summed E-state index contributed by atoms with van der Waals surface area (Å²) < 4.78 is 2.71. The van der Waals surface area contributed by atoms with E-state index in [2.05, 4.69) is 239 Å². The van der Waals surface area contributed by atoms with Crippen molar-refractivity contribution in [1.29, 1.82) is 0 Å². The lowest BCUT2D eigenvalue weighted by Gasteiger charge is -2.43. The van der Waals surface area contributed by atoms with Crippen LogP contribution in [0.2, 0.25) is 0 Å². The molecule has 0 unspecified atom stereocenters. The number of anilines is 6. The van der Waals surface area contributed by atoms with Crippen molar-refractivity contribution in [3.63, 3.8) is 0 Å². The quantitative estimate of drug-likeness (QED) is 0.163. The van der Waals surface area contributed by atoms with Crippen LogP contribution in [0.3, 0.4) is 0 Å². The van der Waals surface area contributed by atoms with E-state index >= 15 is 0 Å². The van der Waals surface area contributed by atoms with Crippen molar-refractivity contribution in [3.05, 3.63) is 233 Å². The average molecular weight is 889 g/mol. The third kappa shape index (κ3) is 5.24. The van der Waals surface area contributed by atoms with Gasteiger partial charge in [-0.05, 0) is 164 Å². The minimum atomic E-state index is -0.442. The van der Waals surface area contributed by atoms with E-state index in [1.54, 1.807) is 0 Å². The molecule has 0 atom stereocenters. The van der Waals surface area contributed by atoms with Crippen LogP contribution in [0.25, 0.3) is 43.5 Å². The molecule has 4 aliphatic rings. The van der Waals surface area contributed by atoms with E-state index in [4.69, 9.17) is 0 Å². The number of benzene rings is 9. The maximum Gasteiger partial charge on any atom is 0.264 e. The molecule has 1 spiro atoms. The van der Waals surface area contributed by atoms with Crippen molar-refractivity contribution < 1.29 is 0 Å². The Morgan fingerprint density at radius 1 is 0.485 bits per heavy atom. The van der Waals surface area contributed by atoms with Gasteiger partial charge in [-0.25, -0.2) is 0 Å². The van der Waals surface area contributed by atoms with Crippen LogP contribution >= 0.6 is 11.3 Å². The summed E-state index contributed by atoms with van der Waals surface area (Å²) in [6, 6.07) is 72.2. The maximum absolute atomic E-state index is 2.62. The number of para-hydroxylation sites is 1. The highest BCUT2D eigenvalue weighted by atomic mass is 32.1. The molecule has 2 nitrogen and oxygen atoms in total. The SMILES string of the molecule is Cc1ccc(N2c3cccc4c3B(c3ccc(-c5c(C)cccc5C)cc3N4c3ccccc3)c3sc4cc5c(cc4c32)-c2ccc(C(C)(C)C)cc2C52c3ccccc3-c3ccccc32)cc1. The predicted octanol–water partition coefficient (Wildman–Crippen LogP) is 15.2. The minimum Gasteiger partial charge on any atom is -0.311 e. The van der Waals surface area contributed by atoms with Crippen molar-refractivity contribution in [3.8, 4) is 33.4 Å². The second-order valence-electron chi connectivity index (χ2n) is 20.6. The second kappa shape index (κ2) is 14.1. The summed E-state index contributed by atoms with van der Waals surface area (Å²) >= 11 is 2.00. The monoisotopic (exact) mass is 888 g/mol. The smallest absolute Gasteiger partial charge is 0.264 e. The molecule has 3 heterocycles. The summed E-state index contributed by atoms with van der Waals surface area (Å²) in [5, 5.41) is 1.31. The lowest BCUT2D eigenvalue weighted by atomic mass is 9.36. The van der Waals surface area contributed by atoms with E-state index in [9.17, 15) is 0 Å². The Labute approximate surface area is 403 Å². The van der Waals surface area contributed by atoms with Crippen LogP contribution in [0.5, 0.6) is 0 Å². The zero-order valence-corrected chi connectivity index (χ0v) is 40.1. The number of hydrogen-bond donors (Lipinski definition) is 0. The molecule has 4 heteroatoms. The summed E-state index contributed by atoms with van der Waals surface area (Å²) in [6.07, 6.45) is 0. The molecule has 14 rings (SSSR count). The van der Waals surface area contributed by atoms with Crippen LogP contribution in [-0.4, -0.2) is 6.71 Å². The molecule has 0 radical (unpaired) electrons. The van der Waals surface area contributed by atoms with Crippen LogP contribution in [0.1, 0.15) is 65.3 Å². The van der Waals surface area contributed by atoms with Crippen LogP contribution in [0.4, 0.5) is 34.1 Å². The Morgan fingerprint density at radius 2 is 1.10 bits per heavy atom. The third-order valence-electron chi connectivity index (χ3n) is 15.7. The molecule has 68 heavy (non-hydrogen) atoms. The Hall–Kier alpha value is -7.40. The van der Waals surface area contributed by atoms with Crippen molar-refractivity contribution in [2.75, 3.05) is 9.80 Å². The van der Waals surface area contributed by atoms with Crippen molar-refractivity contribution in [2.24, 2.45) is 0 Å². The Morgan fingerprint density at radius 3 is 1.81 bits per heavy atom. The standard InChI is InChI=1S/C64H49BN2S/c1-38-26-30-44(31-27-38)67-56-25-15-24-55-60(56)65(54-33-28-41(59-39(2)16-14-17-40(59)3)34-57(54)66(55)43-18-8-7-9-19-43)62-61(67)49-36-48-47-32-29-42(63(4,5)6)35-52(47)64(53(48)37-58(49)68-62)50-22-12-10-20-45(50)46-21-11-13-23-51(46)64/h7-37H,1-6H3. The summed E-state index contributed by atoms with van der Waals surface area (Å²) in [6.45, 7) is 13.7. The summed E-state index contributed by atoms with van der Waals surface area (Å²) in [5.74, 6) is 0. The van der Waals surface area contributed by atoms with Crippen LogP contribution < -0.4 is 25.5 Å². The molecular weight excluding hydrogens is 840 g/mol. The van der Waals surface area contributed by atoms with Gasteiger partial charge in [0.15, 0.2) is 0 Å². The third-order valence-corrected chi connectivity index (χ3v) is 16.9. The minimum absolute atomic E-state index is 0.00522. The highest BCUT2D eigenvalue weighted by molar-refractivity contribution is 7.33. The molecule has 0 bridgehead atoms. The van der Waals surface area contributed by atoms with Crippen LogP contribution in [0, 0.1) is 20.8 Å². The van der Waals surface area contributed by atoms with Gasteiger partial charge in [-0.1, -0.05) is 160 Å². The zero-order chi connectivity index (χ0) is 45.8. The molecule has 0 fully saturated rings. The molecular formula is C64H49BN2S. The predicted molar refractivity (Wildman–Crippen MR) is 290 cm³/mol. The van der Waals surface area contributed by atoms with E-state index in [1.165, 1.54) is 132 Å². The fraction of sp³-hybridized carbons (Fsp3) is 0.125. The summed E-state index contributed by atoms with van der Waals surface area (Å²) in [4.78, 5) is 5.13. The van der Waals surface area contributed by atoms with Gasteiger partial charge in [-0.2, -0.15) is 0 Å². The fourth-order valence-electron chi connectivity index (χ4n) is 12.8. The molecule has 2 aliphatic heterocycles. The van der Waals surface area contributed by atoms with Gasteiger partial charge in [-0.3, -0.25) is 0 Å². The van der Waals surface area contributed by atoms with Crippen molar-refractivity contribution in [1.82, 2.24) is 0 Å². The molecule has 0 N–H and O–H groups in total. The fourth-order valence-corrected chi connectivity index (χ4v) is 14.1. The number of aryl methyl sites for hydroxylation is 3. The highest BCUT2D eigenvalue weighted by Crippen LogP contribution is 2.64. The largest absolute Gasteiger partial charge is 0.311 e. The van der Waals surface area contributed by atoms with Gasteiger partial charge in [0, 0.05) is 43.3 Å². The maximum atomic E-state index is 2.62. The summed E-state index contributed by atoms with van der Waals surface area (Å²) in [7, 11) is 0. The van der Waals surface area contributed by atoms with Gasteiger partial charge in [0.2, 0.25) is 0 Å². The molecule has 0 amide bonds. The first kappa shape index (κ1) is 39.7. The molecule has 10 aromatic rings. The van der Waals surface area contributed by atoms with Crippen LogP contribution in [-0.2, 0) is 10.8 Å². The van der Waals surface area contributed by atoms with E-state index < -0.39 is 5.41 Å². The number of nitrogens with zero attached hydrogens (tertiary/aromatic N) is 2. The summed E-state index contributed by atoms with van der Waals surface area (Å²) in [5.41, 5.74) is 28.3. The molecule has 1 aromatic heterocycles. The van der Waals surface area contributed by atoms with Gasteiger partial charge < -0.3 is 9.80 Å². The number of thiophene rings is 1. The first-order valence-corrected chi connectivity index (χ1v) is 24.9. The average Bonchev–Trinajstić information content (AvgIpc) is 3.97. The molecule has 9 aromatic carbocycles. The van der Waals surface area contributed by atoms with Gasteiger partial charge in [0.1, 0.15) is 0 Å². The lowest BCUT2D eigenvalue weighted by Crippen LogP contribution is -2.60. The van der Waals surface area contributed by atoms with Gasteiger partial charge in [-0.15, -0.1) is 11.3 Å². The van der Waals surface area contributed by atoms with Crippen molar-refractivity contribution >= 4 is 78.0 Å². The Kier molecular flexibility index (Phi) is 8.23. The molecule has 0 saturated heterocycles.